The summed E-state index contributed by atoms with van der Waals surface area (Å²) in [5, 5.41) is 0. The maximum Gasteiger partial charge on any atom is 0.516 e. The highest BCUT2D eigenvalue weighted by Gasteiger charge is 2.18. The van der Waals surface area contributed by atoms with E-state index in [4.69, 9.17) is 18.9 Å². The van der Waals surface area contributed by atoms with E-state index in [0.29, 0.717) is 24.0 Å². The molecule has 1 aromatic carbocycles. The van der Waals surface area contributed by atoms with Gasteiger partial charge in [0, 0.05) is 0 Å². The van der Waals surface area contributed by atoms with E-state index in [1.54, 1.807) is 19.1 Å². The van der Waals surface area contributed by atoms with Crippen molar-refractivity contribution in [1.82, 2.24) is 0 Å². The average molecular weight is 420 g/mol. The maximum atomic E-state index is 11.8. The minimum absolute atomic E-state index is 0.315. The molecule has 0 aliphatic carbocycles. The van der Waals surface area contributed by atoms with Crippen LogP contribution < -0.4 is 9.47 Å². The number of carbonyl (C=O) groups is 1. The third-order valence-electron chi connectivity index (χ3n) is 2.60. The summed E-state index contributed by atoms with van der Waals surface area (Å²) in [6, 6.07) is 3.56. The largest absolute Gasteiger partial charge is 0.516 e. The molecule has 1 rings (SSSR count). The second-order valence-corrected chi connectivity index (χ2v) is 6.17. The molecular formula is C16H21IO5. The number of rotatable bonds is 7. The van der Waals surface area contributed by atoms with E-state index >= 15 is 0 Å². The maximum absolute atomic E-state index is 11.8. The molecule has 1 unspecified atom stereocenters. The van der Waals surface area contributed by atoms with Crippen LogP contribution in [0.5, 0.6) is 11.5 Å². The van der Waals surface area contributed by atoms with Gasteiger partial charge >= 0.3 is 6.16 Å². The smallest absolute Gasteiger partial charge is 0.493 e. The lowest BCUT2D eigenvalue weighted by Gasteiger charge is -2.16. The molecule has 6 heteroatoms. The van der Waals surface area contributed by atoms with Gasteiger partial charge in [0.2, 0.25) is 6.29 Å². The van der Waals surface area contributed by atoms with Gasteiger partial charge in [0.05, 0.1) is 17.3 Å². The number of benzene rings is 1. The Bertz CT molecular complexity index is 528. The van der Waals surface area contributed by atoms with Crippen molar-refractivity contribution in [2.24, 2.45) is 5.92 Å². The van der Waals surface area contributed by atoms with Crippen LogP contribution in [-0.4, -0.2) is 26.2 Å². The van der Waals surface area contributed by atoms with Crippen LogP contribution in [0, 0.1) is 9.49 Å². The van der Waals surface area contributed by atoms with E-state index in [1.165, 1.54) is 7.11 Å². The lowest BCUT2D eigenvalue weighted by Crippen LogP contribution is -2.22. The molecule has 0 heterocycles. The van der Waals surface area contributed by atoms with Gasteiger partial charge < -0.3 is 18.9 Å². The Morgan fingerprint density at radius 3 is 2.59 bits per heavy atom. The summed E-state index contributed by atoms with van der Waals surface area (Å²) >= 11 is 2.06. The molecule has 0 aliphatic heterocycles. The Hall–Kier alpha value is -1.28. The van der Waals surface area contributed by atoms with Crippen molar-refractivity contribution < 1.29 is 23.7 Å². The van der Waals surface area contributed by atoms with Gasteiger partial charge in [0.15, 0.2) is 11.5 Å². The van der Waals surface area contributed by atoms with E-state index in [0.717, 1.165) is 9.13 Å². The van der Waals surface area contributed by atoms with Crippen LogP contribution in [0.3, 0.4) is 0 Å². The van der Waals surface area contributed by atoms with Gasteiger partial charge in [-0.25, -0.2) is 4.79 Å². The lowest BCUT2D eigenvalue weighted by atomic mass is 10.2. The third kappa shape index (κ3) is 5.84. The first-order valence-electron chi connectivity index (χ1n) is 6.87. The van der Waals surface area contributed by atoms with Crippen LogP contribution in [0.2, 0.25) is 0 Å². The first-order chi connectivity index (χ1) is 10.4. The molecule has 0 saturated heterocycles. The van der Waals surface area contributed by atoms with Crippen LogP contribution in [0.4, 0.5) is 4.79 Å². The van der Waals surface area contributed by atoms with Crippen LogP contribution in [0.15, 0.2) is 18.7 Å². The van der Waals surface area contributed by atoms with E-state index in [9.17, 15) is 4.79 Å². The zero-order chi connectivity index (χ0) is 16.7. The van der Waals surface area contributed by atoms with Gasteiger partial charge in [-0.15, -0.1) is 0 Å². The Kier molecular flexibility index (Phi) is 7.67. The molecule has 0 N–H and O–H groups in total. The van der Waals surface area contributed by atoms with Gasteiger partial charge in [-0.3, -0.25) is 0 Å². The van der Waals surface area contributed by atoms with Crippen molar-refractivity contribution in [1.29, 1.82) is 0 Å². The van der Waals surface area contributed by atoms with Gasteiger partial charge in [-0.1, -0.05) is 26.5 Å². The van der Waals surface area contributed by atoms with Crippen molar-refractivity contribution >= 4 is 34.8 Å². The summed E-state index contributed by atoms with van der Waals surface area (Å²) in [7, 11) is 1.50. The van der Waals surface area contributed by atoms with Gasteiger partial charge in [-0.05, 0) is 53.1 Å². The third-order valence-corrected chi connectivity index (χ3v) is 3.40. The van der Waals surface area contributed by atoms with E-state index < -0.39 is 12.4 Å². The summed E-state index contributed by atoms with van der Waals surface area (Å²) in [6.45, 7) is 9.88. The second kappa shape index (κ2) is 8.99. The molecule has 0 aromatic heterocycles. The Balaban J connectivity index is 2.73. The monoisotopic (exact) mass is 420 g/mol. The zero-order valence-electron chi connectivity index (χ0n) is 13.2. The number of ether oxygens (including phenoxy) is 4. The second-order valence-electron chi connectivity index (χ2n) is 5.00. The molecule has 1 aromatic rings. The van der Waals surface area contributed by atoms with E-state index in [2.05, 4.69) is 29.2 Å². The number of methoxy groups -OCH3 is 1. The first kappa shape index (κ1) is 18.8. The molecule has 0 bridgehead atoms. The van der Waals surface area contributed by atoms with Crippen LogP contribution in [-0.2, 0) is 9.47 Å². The summed E-state index contributed by atoms with van der Waals surface area (Å²) in [4.78, 5) is 11.8. The fourth-order valence-electron chi connectivity index (χ4n) is 1.56. The SMILES string of the molecule is C=Cc1cc(I)c(OC(=O)OC(C)OCC(C)C)c(OC)c1. The van der Waals surface area contributed by atoms with Crippen molar-refractivity contribution in [3.05, 3.63) is 27.8 Å². The predicted octanol–water partition coefficient (Wildman–Crippen LogP) is 4.48. The molecule has 0 saturated carbocycles. The van der Waals surface area contributed by atoms with Crippen LogP contribution in [0.1, 0.15) is 26.3 Å². The standard InChI is InChI=1S/C16H21IO5/c1-6-12-7-13(17)15(14(8-12)19-5)22-16(18)21-11(4)20-9-10(2)3/h6-8,10-11H,1,9H2,2-5H3. The number of carbonyl (C=O) groups excluding carboxylic acids is 1. The fourth-order valence-corrected chi connectivity index (χ4v) is 2.30. The molecule has 22 heavy (non-hydrogen) atoms. The topological polar surface area (TPSA) is 54.0 Å². The molecule has 0 spiro atoms. The first-order valence-corrected chi connectivity index (χ1v) is 7.95. The molecule has 1 atom stereocenters. The molecule has 122 valence electrons. The summed E-state index contributed by atoms with van der Waals surface area (Å²) in [6.07, 6.45) is 0.180. The molecule has 0 aliphatic rings. The van der Waals surface area contributed by atoms with Crippen molar-refractivity contribution in [2.75, 3.05) is 13.7 Å². The Labute approximate surface area is 144 Å². The van der Waals surface area contributed by atoms with E-state index in [-0.39, 0.29) is 0 Å². The minimum Gasteiger partial charge on any atom is -0.493 e. The lowest BCUT2D eigenvalue weighted by molar-refractivity contribution is -0.109. The summed E-state index contributed by atoms with van der Waals surface area (Å²) in [5.41, 5.74) is 0.871. The van der Waals surface area contributed by atoms with Gasteiger partial charge in [-0.2, -0.15) is 0 Å². The molecule has 0 radical (unpaired) electrons. The van der Waals surface area contributed by atoms with Crippen molar-refractivity contribution in [3.8, 4) is 11.5 Å². The minimum atomic E-state index is -0.834. The fraction of sp³-hybridized carbons (Fsp3) is 0.438. The summed E-state index contributed by atoms with van der Waals surface area (Å²) < 4.78 is 21.6. The van der Waals surface area contributed by atoms with Crippen molar-refractivity contribution in [2.45, 2.75) is 27.1 Å². The number of hydrogen-bond donors (Lipinski definition) is 0. The number of hydrogen-bond acceptors (Lipinski definition) is 5. The highest BCUT2D eigenvalue weighted by molar-refractivity contribution is 14.1. The predicted molar refractivity (Wildman–Crippen MR) is 93.2 cm³/mol. The average Bonchev–Trinajstić information content (AvgIpc) is 2.46. The highest BCUT2D eigenvalue weighted by atomic mass is 127. The molecule has 0 fully saturated rings. The van der Waals surface area contributed by atoms with Crippen LogP contribution in [0.25, 0.3) is 6.08 Å². The quantitative estimate of drug-likeness (QED) is 0.282. The van der Waals surface area contributed by atoms with Gasteiger partial charge in [0.25, 0.3) is 0 Å². The molecule has 0 amide bonds. The Morgan fingerprint density at radius 2 is 2.05 bits per heavy atom. The van der Waals surface area contributed by atoms with Crippen molar-refractivity contribution in [3.63, 3.8) is 0 Å². The molecular weight excluding hydrogens is 399 g/mol. The normalized spacial score (nSPS) is 11.9. The van der Waals surface area contributed by atoms with Crippen LogP contribution >= 0.6 is 22.6 Å². The van der Waals surface area contributed by atoms with Gasteiger partial charge in [0.1, 0.15) is 0 Å². The Morgan fingerprint density at radius 1 is 1.36 bits per heavy atom. The highest BCUT2D eigenvalue weighted by Crippen LogP contribution is 2.34. The molecule has 5 nitrogen and oxygen atoms in total. The summed E-state index contributed by atoms with van der Waals surface area (Å²) in [5.74, 6) is 1.11. The zero-order valence-corrected chi connectivity index (χ0v) is 15.4. The number of halogens is 1. The van der Waals surface area contributed by atoms with E-state index in [1.807, 2.05) is 19.9 Å².